The van der Waals surface area contributed by atoms with Crippen LogP contribution < -0.4 is 0 Å². The van der Waals surface area contributed by atoms with E-state index < -0.39 is 0 Å². The number of rotatable bonds is 2. The highest BCUT2D eigenvalue weighted by Crippen LogP contribution is 2.38. The Bertz CT molecular complexity index is 2020. The fourth-order valence-electron chi connectivity index (χ4n) is 6.03. The molecule has 0 fully saturated rings. The lowest BCUT2D eigenvalue weighted by Gasteiger charge is -2.12. The molecular formula is C34H23N2+. The van der Waals surface area contributed by atoms with Crippen LogP contribution in [0.15, 0.2) is 121 Å². The van der Waals surface area contributed by atoms with Gasteiger partial charge >= 0.3 is 0 Å². The van der Waals surface area contributed by atoms with Gasteiger partial charge in [0.05, 0.1) is 11.1 Å². The van der Waals surface area contributed by atoms with Crippen molar-refractivity contribution in [1.82, 2.24) is 4.57 Å². The van der Waals surface area contributed by atoms with Crippen molar-refractivity contribution in [3.05, 3.63) is 127 Å². The lowest BCUT2D eigenvalue weighted by Crippen LogP contribution is -2.06. The van der Waals surface area contributed by atoms with Gasteiger partial charge in [0, 0.05) is 11.6 Å². The van der Waals surface area contributed by atoms with Crippen LogP contribution in [0.5, 0.6) is 0 Å². The van der Waals surface area contributed by atoms with Crippen LogP contribution in [0.2, 0.25) is 0 Å². The quantitative estimate of drug-likeness (QED) is 0.181. The number of aromatic nitrogens is 1. The monoisotopic (exact) mass is 459 g/mol. The molecule has 0 unspecified atom stereocenters. The Balaban J connectivity index is 1.31. The molecule has 168 valence electrons. The van der Waals surface area contributed by atoms with Crippen molar-refractivity contribution in [2.45, 2.75) is 6.67 Å². The first kappa shape index (κ1) is 19.6. The largest absolute Gasteiger partial charge is 0.279 e. The maximum Gasteiger partial charge on any atom is 0.228 e. The molecule has 0 saturated carbocycles. The van der Waals surface area contributed by atoms with Gasteiger partial charge in [-0.1, -0.05) is 91.0 Å². The summed E-state index contributed by atoms with van der Waals surface area (Å²) in [5.74, 6) is 0. The zero-order valence-corrected chi connectivity index (χ0v) is 19.7. The zero-order valence-electron chi connectivity index (χ0n) is 19.7. The summed E-state index contributed by atoms with van der Waals surface area (Å²) >= 11 is 0. The molecule has 1 aliphatic rings. The SMILES string of the molecule is C1=[N+](c2cc3ccccc3c3ccccc23)Cn2c1ccc2-c1cc2ccccc2c2ccccc12. The van der Waals surface area contributed by atoms with Gasteiger partial charge < -0.3 is 0 Å². The standard InChI is InChI=1S/C34H23N2/c1-3-11-26-23(9-1)19-32(30-15-6-5-13-28(26)30)33-18-17-25-21-35(22-36(25)33)34-20-24-10-2-4-12-27(24)29-14-7-8-16-31(29)34/h1-21H,22H2/q+1. The summed E-state index contributed by atoms with van der Waals surface area (Å²) in [4.78, 5) is 0. The Morgan fingerprint density at radius 2 is 1.06 bits per heavy atom. The van der Waals surface area contributed by atoms with Crippen LogP contribution >= 0.6 is 0 Å². The van der Waals surface area contributed by atoms with E-state index in [1.165, 1.54) is 65.7 Å². The molecule has 2 heterocycles. The molecular weight excluding hydrogens is 436 g/mol. The first-order valence-electron chi connectivity index (χ1n) is 12.5. The van der Waals surface area contributed by atoms with Gasteiger partial charge in [-0.3, -0.25) is 4.57 Å². The Morgan fingerprint density at radius 3 is 1.78 bits per heavy atom. The molecule has 1 aliphatic heterocycles. The molecule has 1 aromatic heterocycles. The first-order valence-corrected chi connectivity index (χ1v) is 12.5. The third-order valence-electron chi connectivity index (χ3n) is 7.70. The van der Waals surface area contributed by atoms with Crippen LogP contribution in [0.25, 0.3) is 54.3 Å². The number of nitrogens with zero attached hydrogens (tertiary/aromatic N) is 2. The molecule has 6 aromatic carbocycles. The van der Waals surface area contributed by atoms with Crippen molar-refractivity contribution in [1.29, 1.82) is 0 Å². The maximum atomic E-state index is 2.44. The second kappa shape index (κ2) is 7.40. The summed E-state index contributed by atoms with van der Waals surface area (Å²) in [7, 11) is 0. The number of fused-ring (bicyclic) bond motifs is 7. The summed E-state index contributed by atoms with van der Waals surface area (Å²) in [6.45, 7) is 0.793. The van der Waals surface area contributed by atoms with E-state index in [-0.39, 0.29) is 0 Å². The van der Waals surface area contributed by atoms with Gasteiger partial charge in [0.25, 0.3) is 0 Å². The summed E-state index contributed by atoms with van der Waals surface area (Å²) in [5, 5.41) is 10.4. The maximum absolute atomic E-state index is 2.44. The second-order valence-electron chi connectivity index (χ2n) is 9.67. The highest BCUT2D eigenvalue weighted by molar-refractivity contribution is 6.14. The molecule has 36 heavy (non-hydrogen) atoms. The Morgan fingerprint density at radius 1 is 0.500 bits per heavy atom. The highest BCUT2D eigenvalue weighted by atomic mass is 15.2. The van der Waals surface area contributed by atoms with E-state index in [9.17, 15) is 0 Å². The van der Waals surface area contributed by atoms with Crippen LogP contribution in [0.4, 0.5) is 5.69 Å². The van der Waals surface area contributed by atoms with Gasteiger partial charge in [0.1, 0.15) is 5.69 Å². The minimum Gasteiger partial charge on any atom is -0.279 e. The summed E-state index contributed by atoms with van der Waals surface area (Å²) in [5.41, 5.74) is 5.03. The van der Waals surface area contributed by atoms with E-state index in [0.29, 0.717) is 0 Å². The van der Waals surface area contributed by atoms with Crippen molar-refractivity contribution in [2.75, 3.05) is 0 Å². The fraction of sp³-hybridized carbons (Fsp3) is 0.0294. The highest BCUT2D eigenvalue weighted by Gasteiger charge is 2.26. The molecule has 0 atom stereocenters. The molecule has 7 aromatic rings. The van der Waals surface area contributed by atoms with Gasteiger partial charge in [-0.2, -0.15) is 4.58 Å². The summed E-state index contributed by atoms with van der Waals surface area (Å²) in [6.07, 6.45) is 2.29. The Hall–Kier alpha value is -4.69. The molecule has 0 aliphatic carbocycles. The number of benzene rings is 6. The average Bonchev–Trinajstić information content (AvgIpc) is 3.53. The average molecular weight is 460 g/mol. The Labute approximate surface area is 209 Å². The van der Waals surface area contributed by atoms with Crippen LogP contribution in [-0.2, 0) is 6.67 Å². The molecule has 0 radical (unpaired) electrons. The first-order chi connectivity index (χ1) is 17.8. The topological polar surface area (TPSA) is 7.94 Å². The van der Waals surface area contributed by atoms with E-state index in [2.05, 4.69) is 137 Å². The summed E-state index contributed by atoms with van der Waals surface area (Å²) in [6, 6.07) is 44.2. The molecule has 0 saturated heterocycles. The molecule has 0 spiro atoms. The molecule has 0 N–H and O–H groups in total. The zero-order chi connectivity index (χ0) is 23.6. The van der Waals surface area contributed by atoms with Crippen LogP contribution in [0, 0.1) is 0 Å². The second-order valence-corrected chi connectivity index (χ2v) is 9.67. The molecule has 8 rings (SSSR count). The van der Waals surface area contributed by atoms with E-state index in [0.717, 1.165) is 6.67 Å². The van der Waals surface area contributed by atoms with Gasteiger partial charge in [-0.05, 0) is 62.0 Å². The van der Waals surface area contributed by atoms with E-state index in [4.69, 9.17) is 0 Å². The van der Waals surface area contributed by atoms with E-state index in [1.54, 1.807) is 0 Å². The molecule has 0 bridgehead atoms. The lowest BCUT2D eigenvalue weighted by molar-refractivity contribution is -0.461. The van der Waals surface area contributed by atoms with E-state index in [1.807, 2.05) is 0 Å². The van der Waals surface area contributed by atoms with E-state index >= 15 is 0 Å². The smallest absolute Gasteiger partial charge is 0.228 e. The minimum absolute atomic E-state index is 0.793. The van der Waals surface area contributed by atoms with Gasteiger partial charge in [-0.25, -0.2) is 0 Å². The predicted molar refractivity (Wildman–Crippen MR) is 151 cm³/mol. The van der Waals surface area contributed by atoms with Crippen molar-refractivity contribution in [2.24, 2.45) is 0 Å². The Kier molecular flexibility index (Phi) is 4.03. The van der Waals surface area contributed by atoms with Gasteiger partial charge in [-0.15, -0.1) is 0 Å². The van der Waals surface area contributed by atoms with Crippen LogP contribution in [0.3, 0.4) is 0 Å². The third-order valence-corrected chi connectivity index (χ3v) is 7.70. The van der Waals surface area contributed by atoms with Gasteiger partial charge in [0.2, 0.25) is 12.4 Å². The van der Waals surface area contributed by atoms with Crippen LogP contribution in [0.1, 0.15) is 5.69 Å². The van der Waals surface area contributed by atoms with Crippen LogP contribution in [-0.4, -0.2) is 15.4 Å². The normalized spacial score (nSPS) is 13.1. The molecule has 2 heteroatoms. The number of hydrogen-bond donors (Lipinski definition) is 0. The van der Waals surface area contributed by atoms with Crippen molar-refractivity contribution < 1.29 is 4.58 Å². The molecule has 2 nitrogen and oxygen atoms in total. The number of hydrogen-bond acceptors (Lipinski definition) is 0. The molecule has 0 amide bonds. The van der Waals surface area contributed by atoms with Crippen molar-refractivity contribution >= 4 is 55.0 Å². The predicted octanol–water partition coefficient (Wildman–Crippen LogP) is 8.50. The third kappa shape index (κ3) is 2.76. The lowest BCUT2D eigenvalue weighted by atomic mass is 9.96. The van der Waals surface area contributed by atoms with Crippen molar-refractivity contribution in [3.8, 4) is 11.3 Å². The fourth-order valence-corrected chi connectivity index (χ4v) is 6.03. The van der Waals surface area contributed by atoms with Crippen molar-refractivity contribution in [3.63, 3.8) is 0 Å². The summed E-state index contributed by atoms with van der Waals surface area (Å²) < 4.78 is 4.84. The minimum atomic E-state index is 0.793. The van der Waals surface area contributed by atoms with Gasteiger partial charge in [0.15, 0.2) is 6.21 Å².